The number of rotatable bonds is 5. The van der Waals surface area contributed by atoms with Crippen molar-refractivity contribution >= 4 is 5.71 Å². The molecule has 1 aliphatic rings. The molecule has 1 heterocycles. The monoisotopic (exact) mass is 318 g/mol. The van der Waals surface area contributed by atoms with Crippen LogP contribution >= 0.6 is 0 Å². The molecule has 0 aromatic heterocycles. The van der Waals surface area contributed by atoms with Gasteiger partial charge in [0.1, 0.15) is 0 Å². The predicted octanol–water partition coefficient (Wildman–Crippen LogP) is 2.97. The lowest BCUT2D eigenvalue weighted by molar-refractivity contribution is 0.111. The highest BCUT2D eigenvalue weighted by Crippen LogP contribution is 2.17. The minimum atomic E-state index is -0.399. The van der Waals surface area contributed by atoms with Gasteiger partial charge < -0.3 is 14.9 Å². The average molecular weight is 318 g/mol. The van der Waals surface area contributed by atoms with E-state index in [2.05, 4.69) is 29.2 Å². The van der Waals surface area contributed by atoms with Gasteiger partial charge >= 0.3 is 0 Å². The Morgan fingerprint density at radius 1 is 1.48 bits per heavy atom. The second kappa shape index (κ2) is 8.54. The molecule has 0 spiro atoms. The van der Waals surface area contributed by atoms with E-state index in [1.54, 1.807) is 12.1 Å². The number of hydrogen-bond donors (Lipinski definition) is 1. The Labute approximate surface area is 137 Å². The first-order valence-corrected chi connectivity index (χ1v) is 7.92. The second-order valence-corrected chi connectivity index (χ2v) is 5.57. The summed E-state index contributed by atoms with van der Waals surface area (Å²) in [5, 5.41) is 7.56. The fourth-order valence-corrected chi connectivity index (χ4v) is 2.46. The Morgan fingerprint density at radius 2 is 2.30 bits per heavy atom. The zero-order valence-corrected chi connectivity index (χ0v) is 13.9. The quantitative estimate of drug-likeness (QED) is 0.670. The van der Waals surface area contributed by atoms with Gasteiger partial charge in [0.05, 0.1) is 12.8 Å². The summed E-state index contributed by atoms with van der Waals surface area (Å²) in [5.41, 5.74) is 1.74. The Balaban J connectivity index is 1.96. The maximum atomic E-state index is 13.3. The van der Waals surface area contributed by atoms with Crippen LogP contribution in [0.4, 0.5) is 4.39 Å². The van der Waals surface area contributed by atoms with Crippen molar-refractivity contribution in [3.8, 4) is 17.6 Å². The number of oxime groups is 1. The Kier molecular flexibility index (Phi) is 6.42. The molecule has 0 amide bonds. The summed E-state index contributed by atoms with van der Waals surface area (Å²) in [6.07, 6.45) is 1.92. The second-order valence-electron chi connectivity index (χ2n) is 5.57. The Bertz CT molecular complexity index is 619. The third-order valence-corrected chi connectivity index (χ3v) is 3.70. The van der Waals surface area contributed by atoms with Gasteiger partial charge in [-0.25, -0.2) is 4.39 Å². The molecule has 23 heavy (non-hydrogen) atoms. The summed E-state index contributed by atoms with van der Waals surface area (Å²) < 4.78 is 18.3. The molecule has 0 bridgehead atoms. The Hall–Kier alpha value is -2.06. The van der Waals surface area contributed by atoms with Crippen molar-refractivity contribution in [1.82, 2.24) is 5.32 Å². The molecule has 124 valence electrons. The van der Waals surface area contributed by atoms with Crippen molar-refractivity contribution in [2.45, 2.75) is 32.8 Å². The summed E-state index contributed by atoms with van der Waals surface area (Å²) in [5.74, 6) is 6.16. The molecular formula is C18H23FN2O2. The van der Waals surface area contributed by atoms with Crippen molar-refractivity contribution in [3.05, 3.63) is 29.6 Å². The molecule has 1 aliphatic heterocycles. The van der Waals surface area contributed by atoms with Crippen LogP contribution in [0.5, 0.6) is 5.75 Å². The molecule has 0 saturated carbocycles. The topological polar surface area (TPSA) is 42.9 Å². The average Bonchev–Trinajstić information content (AvgIpc) is 2.99. The molecule has 1 aromatic rings. The zero-order chi connectivity index (χ0) is 16.7. The zero-order valence-electron chi connectivity index (χ0n) is 13.9. The van der Waals surface area contributed by atoms with Crippen molar-refractivity contribution in [2.75, 3.05) is 20.2 Å². The van der Waals surface area contributed by atoms with Crippen molar-refractivity contribution < 1.29 is 14.0 Å². The molecule has 0 radical (unpaired) electrons. The molecule has 0 aliphatic carbocycles. The molecular weight excluding hydrogens is 295 g/mol. The summed E-state index contributed by atoms with van der Waals surface area (Å²) >= 11 is 0. The number of benzene rings is 1. The van der Waals surface area contributed by atoms with E-state index in [-0.39, 0.29) is 11.9 Å². The summed E-state index contributed by atoms with van der Waals surface area (Å²) in [7, 11) is 1.43. The van der Waals surface area contributed by atoms with Gasteiger partial charge in [-0.1, -0.05) is 30.3 Å². The number of halogens is 1. The number of ether oxygens (including phenoxy) is 1. The summed E-state index contributed by atoms with van der Waals surface area (Å²) in [6.45, 7) is 5.75. The summed E-state index contributed by atoms with van der Waals surface area (Å²) in [4.78, 5) is 5.47. The van der Waals surface area contributed by atoms with E-state index >= 15 is 0 Å². The van der Waals surface area contributed by atoms with Crippen LogP contribution in [0.3, 0.4) is 0 Å². The van der Waals surface area contributed by atoms with Gasteiger partial charge in [-0.05, 0) is 31.5 Å². The third kappa shape index (κ3) is 4.97. The maximum Gasteiger partial charge on any atom is 0.185 e. The molecule has 2 unspecified atom stereocenters. The molecule has 5 heteroatoms. The standard InChI is InChI=1S/C18H23FN2O2/c1-4-5-15-11-20-12-17(15)21-23-13(2)6-7-14-8-9-16(19)18(10-14)22-3/h8-10,13,15,20H,4-5,11-12H2,1-3H3/b21-17+. The van der Waals surface area contributed by atoms with Crippen LogP contribution in [0, 0.1) is 23.6 Å². The van der Waals surface area contributed by atoms with Crippen LogP contribution < -0.4 is 10.1 Å². The number of hydrogen-bond acceptors (Lipinski definition) is 4. The maximum absolute atomic E-state index is 13.3. The molecule has 4 nitrogen and oxygen atoms in total. The first-order chi connectivity index (χ1) is 11.1. The molecule has 2 rings (SSSR count). The van der Waals surface area contributed by atoms with E-state index in [1.165, 1.54) is 13.2 Å². The van der Waals surface area contributed by atoms with E-state index in [0.29, 0.717) is 11.5 Å². The molecule has 1 fully saturated rings. The van der Waals surface area contributed by atoms with Crippen LogP contribution in [0.15, 0.2) is 23.4 Å². The number of nitrogens with zero attached hydrogens (tertiary/aromatic N) is 1. The highest BCUT2D eigenvalue weighted by atomic mass is 19.1. The van der Waals surface area contributed by atoms with Gasteiger partial charge in [0.2, 0.25) is 0 Å². The van der Waals surface area contributed by atoms with Gasteiger partial charge in [-0.15, -0.1) is 0 Å². The number of methoxy groups -OCH3 is 1. The van der Waals surface area contributed by atoms with Crippen molar-refractivity contribution in [2.24, 2.45) is 11.1 Å². The van der Waals surface area contributed by atoms with Crippen LogP contribution in [0.25, 0.3) is 0 Å². The fourth-order valence-electron chi connectivity index (χ4n) is 2.46. The van der Waals surface area contributed by atoms with Gasteiger partial charge in [0, 0.05) is 24.6 Å². The van der Waals surface area contributed by atoms with Crippen molar-refractivity contribution in [1.29, 1.82) is 0 Å². The summed E-state index contributed by atoms with van der Waals surface area (Å²) in [6, 6.07) is 4.52. The van der Waals surface area contributed by atoms with E-state index in [1.807, 2.05) is 6.92 Å². The predicted molar refractivity (Wildman–Crippen MR) is 89.1 cm³/mol. The lowest BCUT2D eigenvalue weighted by atomic mass is 10.0. The van der Waals surface area contributed by atoms with Crippen LogP contribution in [-0.2, 0) is 4.84 Å². The van der Waals surface area contributed by atoms with Crippen LogP contribution in [0.2, 0.25) is 0 Å². The molecule has 1 saturated heterocycles. The molecule has 1 N–H and O–H groups in total. The lowest BCUT2D eigenvalue weighted by Gasteiger charge is -2.09. The molecule has 1 aromatic carbocycles. The van der Waals surface area contributed by atoms with E-state index < -0.39 is 5.82 Å². The SMILES string of the molecule is CCCC1CNC/C1=N\OC(C)C#Cc1ccc(F)c(OC)c1. The van der Waals surface area contributed by atoms with Gasteiger partial charge in [0.25, 0.3) is 0 Å². The van der Waals surface area contributed by atoms with Crippen LogP contribution in [-0.4, -0.2) is 32.0 Å². The van der Waals surface area contributed by atoms with E-state index in [4.69, 9.17) is 9.57 Å². The minimum Gasteiger partial charge on any atom is -0.494 e. The van der Waals surface area contributed by atoms with E-state index in [0.717, 1.165) is 31.6 Å². The number of nitrogens with one attached hydrogen (secondary N) is 1. The highest BCUT2D eigenvalue weighted by molar-refractivity contribution is 5.90. The normalized spacial score (nSPS) is 20.0. The van der Waals surface area contributed by atoms with Gasteiger partial charge in [-0.3, -0.25) is 0 Å². The highest BCUT2D eigenvalue weighted by Gasteiger charge is 2.22. The first-order valence-electron chi connectivity index (χ1n) is 7.92. The first kappa shape index (κ1) is 17.3. The Morgan fingerprint density at radius 3 is 3.04 bits per heavy atom. The lowest BCUT2D eigenvalue weighted by Crippen LogP contribution is -2.13. The van der Waals surface area contributed by atoms with Crippen LogP contribution in [0.1, 0.15) is 32.3 Å². The van der Waals surface area contributed by atoms with E-state index in [9.17, 15) is 4.39 Å². The third-order valence-electron chi connectivity index (χ3n) is 3.70. The minimum absolute atomic E-state index is 0.185. The smallest absolute Gasteiger partial charge is 0.185 e. The van der Waals surface area contributed by atoms with Gasteiger partial charge in [0.15, 0.2) is 17.7 Å². The van der Waals surface area contributed by atoms with Crippen molar-refractivity contribution in [3.63, 3.8) is 0 Å². The van der Waals surface area contributed by atoms with Gasteiger partial charge in [-0.2, -0.15) is 0 Å². The fraction of sp³-hybridized carbons (Fsp3) is 0.500. The largest absolute Gasteiger partial charge is 0.494 e. The molecule has 2 atom stereocenters.